The Morgan fingerprint density at radius 3 is 2.78 bits per heavy atom. The average molecular weight is 251 g/mol. The van der Waals surface area contributed by atoms with E-state index in [4.69, 9.17) is 4.52 Å². The molecular formula is C14H21NO3. The lowest BCUT2D eigenvalue weighted by atomic mass is 10.0. The lowest BCUT2D eigenvalue weighted by molar-refractivity contribution is -0.114. The van der Waals surface area contributed by atoms with E-state index in [9.17, 15) is 9.90 Å². The monoisotopic (exact) mass is 251 g/mol. The molecule has 4 nitrogen and oxygen atoms in total. The summed E-state index contributed by atoms with van der Waals surface area (Å²) in [6, 6.07) is 0. The van der Waals surface area contributed by atoms with Crippen molar-refractivity contribution in [2.24, 2.45) is 0 Å². The second-order valence-corrected chi connectivity index (χ2v) is 4.56. The molecule has 0 amide bonds. The van der Waals surface area contributed by atoms with Crippen molar-refractivity contribution >= 4 is 5.78 Å². The Labute approximate surface area is 108 Å². The number of hydrogen-bond donors (Lipinski definition) is 1. The highest BCUT2D eigenvalue weighted by atomic mass is 16.5. The van der Waals surface area contributed by atoms with Crippen LogP contribution in [0.25, 0.3) is 0 Å². The van der Waals surface area contributed by atoms with Gasteiger partial charge in [-0.15, -0.1) is 0 Å². The van der Waals surface area contributed by atoms with E-state index in [2.05, 4.69) is 11.7 Å². The van der Waals surface area contributed by atoms with Crippen molar-refractivity contribution in [1.29, 1.82) is 0 Å². The molecule has 1 N–H and O–H groups in total. The zero-order valence-corrected chi connectivity index (χ0v) is 11.1. The van der Waals surface area contributed by atoms with E-state index < -0.39 is 0 Å². The second-order valence-electron chi connectivity index (χ2n) is 4.56. The quantitative estimate of drug-likeness (QED) is 0.721. The van der Waals surface area contributed by atoms with Gasteiger partial charge in [-0.1, -0.05) is 11.7 Å². The van der Waals surface area contributed by atoms with E-state index >= 15 is 0 Å². The summed E-state index contributed by atoms with van der Waals surface area (Å²) in [4.78, 5) is 11.0. The minimum absolute atomic E-state index is 0.0351. The number of aromatic nitrogens is 1. The Balaban J connectivity index is 2.27. The van der Waals surface area contributed by atoms with E-state index in [1.165, 1.54) is 6.08 Å². The Bertz CT molecular complexity index is 390. The largest absolute Gasteiger partial charge is 0.393 e. The van der Waals surface area contributed by atoms with Gasteiger partial charge in [-0.05, 0) is 45.6 Å². The van der Waals surface area contributed by atoms with Gasteiger partial charge in [-0.2, -0.15) is 0 Å². The van der Waals surface area contributed by atoms with Crippen LogP contribution in [0.1, 0.15) is 42.7 Å². The van der Waals surface area contributed by atoms with Crippen LogP contribution in [-0.2, 0) is 11.2 Å². The average Bonchev–Trinajstić information content (AvgIpc) is 2.66. The maximum atomic E-state index is 11.0. The fourth-order valence-electron chi connectivity index (χ4n) is 1.93. The number of ketones is 1. The summed E-state index contributed by atoms with van der Waals surface area (Å²) in [6.45, 7) is 7.20. The summed E-state index contributed by atoms with van der Waals surface area (Å²) in [5, 5.41) is 13.7. The van der Waals surface area contributed by atoms with Crippen molar-refractivity contribution in [3.63, 3.8) is 0 Å². The number of aryl methyl sites for hydroxylation is 2. The molecule has 0 radical (unpaired) electrons. The summed E-state index contributed by atoms with van der Waals surface area (Å²) in [5.41, 5.74) is 1.97. The number of carbonyl (C=O) groups is 1. The lowest BCUT2D eigenvalue weighted by Gasteiger charge is -2.09. The van der Waals surface area contributed by atoms with Crippen molar-refractivity contribution in [3.05, 3.63) is 29.7 Å². The van der Waals surface area contributed by atoms with Crippen LogP contribution in [0.4, 0.5) is 0 Å². The van der Waals surface area contributed by atoms with E-state index in [-0.39, 0.29) is 11.9 Å². The van der Waals surface area contributed by atoms with Crippen LogP contribution < -0.4 is 0 Å². The molecule has 0 aromatic carbocycles. The highest BCUT2D eigenvalue weighted by Crippen LogP contribution is 2.16. The highest BCUT2D eigenvalue weighted by molar-refractivity contribution is 5.88. The molecule has 0 aliphatic heterocycles. The van der Waals surface area contributed by atoms with Gasteiger partial charge in [0.15, 0.2) is 5.78 Å². The first-order valence-corrected chi connectivity index (χ1v) is 6.29. The predicted octanol–water partition coefficient (Wildman–Crippen LogP) is 2.51. The van der Waals surface area contributed by atoms with Crippen LogP contribution in [0.3, 0.4) is 0 Å². The molecule has 0 fully saturated rings. The van der Waals surface area contributed by atoms with Gasteiger partial charge < -0.3 is 9.63 Å². The lowest BCUT2D eigenvalue weighted by Crippen LogP contribution is -2.09. The summed E-state index contributed by atoms with van der Waals surface area (Å²) in [7, 11) is 0. The molecule has 0 saturated carbocycles. The van der Waals surface area contributed by atoms with Crippen LogP contribution in [0.2, 0.25) is 0 Å². The summed E-state index contributed by atoms with van der Waals surface area (Å²) >= 11 is 0. The fraction of sp³-hybridized carbons (Fsp3) is 0.571. The molecule has 4 heteroatoms. The van der Waals surface area contributed by atoms with Gasteiger partial charge in [0.2, 0.25) is 0 Å². The molecular weight excluding hydrogens is 230 g/mol. The number of hydrogen-bond acceptors (Lipinski definition) is 4. The minimum atomic E-state index is -0.378. The third-order valence-electron chi connectivity index (χ3n) is 3.10. The molecule has 1 aromatic rings. The molecule has 1 unspecified atom stereocenters. The highest BCUT2D eigenvalue weighted by Gasteiger charge is 2.11. The molecule has 1 heterocycles. The number of nitrogens with zero attached hydrogens (tertiary/aromatic N) is 1. The normalized spacial score (nSPS) is 12.4. The van der Waals surface area contributed by atoms with Crippen LogP contribution in [-0.4, -0.2) is 22.2 Å². The van der Waals surface area contributed by atoms with Gasteiger partial charge in [0.05, 0.1) is 11.8 Å². The molecule has 0 aliphatic carbocycles. The molecule has 100 valence electrons. The van der Waals surface area contributed by atoms with Crippen LogP contribution >= 0.6 is 0 Å². The maximum absolute atomic E-state index is 11.0. The molecule has 1 rings (SSSR count). The molecule has 1 aromatic heterocycles. The van der Waals surface area contributed by atoms with Gasteiger partial charge in [0, 0.05) is 12.0 Å². The first-order valence-electron chi connectivity index (χ1n) is 6.29. The van der Waals surface area contributed by atoms with Crippen molar-refractivity contribution < 1.29 is 14.4 Å². The zero-order chi connectivity index (χ0) is 13.5. The van der Waals surface area contributed by atoms with Crippen molar-refractivity contribution in [2.45, 2.75) is 52.1 Å². The smallest absolute Gasteiger partial charge is 0.155 e. The number of allylic oxidation sites excluding steroid dienone is 1. The topological polar surface area (TPSA) is 63.3 Å². The SMILES string of the molecule is C=CC(=O)CCCC(O)CCc1c(C)noc1C. The molecule has 0 spiro atoms. The Hall–Kier alpha value is -1.42. The van der Waals surface area contributed by atoms with Gasteiger partial charge in [-0.3, -0.25) is 4.79 Å². The Kier molecular flexibility index (Phi) is 5.78. The molecule has 18 heavy (non-hydrogen) atoms. The van der Waals surface area contributed by atoms with E-state index in [1.807, 2.05) is 13.8 Å². The summed E-state index contributed by atoms with van der Waals surface area (Å²) in [5.74, 6) is 0.856. The van der Waals surface area contributed by atoms with E-state index in [0.29, 0.717) is 25.7 Å². The molecule has 0 bridgehead atoms. The van der Waals surface area contributed by atoms with Gasteiger partial charge in [0.25, 0.3) is 0 Å². The van der Waals surface area contributed by atoms with Crippen LogP contribution in [0.5, 0.6) is 0 Å². The second kappa shape index (κ2) is 7.11. The van der Waals surface area contributed by atoms with Gasteiger partial charge >= 0.3 is 0 Å². The van der Waals surface area contributed by atoms with Crippen molar-refractivity contribution in [2.75, 3.05) is 0 Å². The maximum Gasteiger partial charge on any atom is 0.155 e. The first-order chi connectivity index (χ1) is 8.54. The van der Waals surface area contributed by atoms with Crippen molar-refractivity contribution in [1.82, 2.24) is 5.16 Å². The molecule has 0 aliphatic rings. The van der Waals surface area contributed by atoms with Crippen molar-refractivity contribution in [3.8, 4) is 0 Å². The first kappa shape index (κ1) is 14.6. The van der Waals surface area contributed by atoms with E-state index in [1.54, 1.807) is 0 Å². The third kappa shape index (κ3) is 4.45. The Morgan fingerprint density at radius 1 is 1.50 bits per heavy atom. The number of aliphatic hydroxyl groups excluding tert-OH is 1. The molecule has 1 atom stereocenters. The molecule has 0 saturated heterocycles. The predicted molar refractivity (Wildman–Crippen MR) is 69.4 cm³/mol. The van der Waals surface area contributed by atoms with Gasteiger partial charge in [-0.25, -0.2) is 0 Å². The summed E-state index contributed by atoms with van der Waals surface area (Å²) in [6.07, 6.45) is 4.19. The minimum Gasteiger partial charge on any atom is -0.393 e. The Morgan fingerprint density at radius 2 is 2.22 bits per heavy atom. The van der Waals surface area contributed by atoms with Crippen LogP contribution in [0.15, 0.2) is 17.2 Å². The number of aliphatic hydroxyl groups is 1. The third-order valence-corrected chi connectivity index (χ3v) is 3.10. The number of rotatable bonds is 8. The van der Waals surface area contributed by atoms with Crippen LogP contribution in [0, 0.1) is 13.8 Å². The fourth-order valence-corrected chi connectivity index (χ4v) is 1.93. The zero-order valence-electron chi connectivity index (χ0n) is 11.1. The summed E-state index contributed by atoms with van der Waals surface area (Å²) < 4.78 is 5.07. The van der Waals surface area contributed by atoms with E-state index in [0.717, 1.165) is 23.4 Å². The standard InChI is InChI=1S/C14H21NO3/c1-4-12(16)6-5-7-13(17)8-9-14-10(2)15-18-11(14)3/h4,13,17H,1,5-9H2,2-3H3. The number of carbonyl (C=O) groups excluding carboxylic acids is 1. The van der Waals surface area contributed by atoms with Gasteiger partial charge in [0.1, 0.15) is 5.76 Å².